The predicted molar refractivity (Wildman–Crippen MR) is 104 cm³/mol. The van der Waals surface area contributed by atoms with Crippen molar-refractivity contribution in [2.24, 2.45) is 0 Å². The van der Waals surface area contributed by atoms with Crippen LogP contribution in [0.5, 0.6) is 0 Å². The second-order valence-corrected chi connectivity index (χ2v) is 7.05. The molecule has 0 aliphatic carbocycles. The summed E-state index contributed by atoms with van der Waals surface area (Å²) in [5.74, 6) is 0.325. The zero-order valence-electron chi connectivity index (χ0n) is 14.8. The number of H-pyrrole nitrogens is 1. The highest BCUT2D eigenvalue weighted by atomic mass is 16.2. The summed E-state index contributed by atoms with van der Waals surface area (Å²) in [6.07, 6.45) is 5.56. The third kappa shape index (κ3) is 2.93. The van der Waals surface area contributed by atoms with Gasteiger partial charge in [0.15, 0.2) is 5.65 Å². The lowest BCUT2D eigenvalue weighted by molar-refractivity contribution is 0.0706. The average molecular weight is 357 g/mol. The highest BCUT2D eigenvalue weighted by Crippen LogP contribution is 2.28. The van der Waals surface area contributed by atoms with E-state index in [0.717, 1.165) is 47.0 Å². The van der Waals surface area contributed by atoms with Gasteiger partial charge in [-0.05, 0) is 49.2 Å². The van der Waals surface area contributed by atoms with Gasteiger partial charge in [-0.15, -0.1) is 0 Å². The molecule has 0 spiro atoms. The molecule has 4 aromatic rings. The van der Waals surface area contributed by atoms with Crippen LogP contribution in [-0.4, -0.2) is 44.1 Å². The number of nitrogens with zero attached hydrogens (tertiary/aromatic N) is 4. The molecule has 6 nitrogen and oxygen atoms in total. The maximum Gasteiger partial charge on any atom is 0.253 e. The highest BCUT2D eigenvalue weighted by Gasteiger charge is 2.26. The number of likely N-dealkylation sites (tertiary alicyclic amines) is 1. The lowest BCUT2D eigenvalue weighted by Gasteiger charge is -2.32. The molecule has 5 rings (SSSR count). The van der Waals surface area contributed by atoms with E-state index >= 15 is 0 Å². The lowest BCUT2D eigenvalue weighted by atomic mass is 9.93. The molecule has 0 radical (unpaired) electrons. The number of nitrogens with one attached hydrogen (secondary N) is 1. The van der Waals surface area contributed by atoms with Crippen LogP contribution in [0.2, 0.25) is 0 Å². The van der Waals surface area contributed by atoms with Gasteiger partial charge in [0.1, 0.15) is 0 Å². The first kappa shape index (κ1) is 15.9. The molecule has 1 aliphatic rings. The number of hydrogen-bond acceptors (Lipinski definition) is 4. The van der Waals surface area contributed by atoms with E-state index in [-0.39, 0.29) is 11.8 Å². The van der Waals surface area contributed by atoms with Crippen molar-refractivity contribution in [1.29, 1.82) is 0 Å². The number of aromatic nitrogens is 4. The van der Waals surface area contributed by atoms with E-state index in [4.69, 9.17) is 4.98 Å². The van der Waals surface area contributed by atoms with Gasteiger partial charge >= 0.3 is 0 Å². The molecular formula is C21H19N5O. The van der Waals surface area contributed by atoms with E-state index in [9.17, 15) is 4.79 Å². The topological polar surface area (TPSA) is 74.8 Å². The van der Waals surface area contributed by atoms with Crippen LogP contribution in [0.4, 0.5) is 0 Å². The van der Waals surface area contributed by atoms with E-state index in [1.807, 2.05) is 41.3 Å². The largest absolute Gasteiger partial charge is 0.338 e. The molecule has 1 aromatic carbocycles. The Bertz CT molecular complexity index is 1140. The first-order valence-corrected chi connectivity index (χ1v) is 9.22. The molecule has 1 fully saturated rings. The zero-order chi connectivity index (χ0) is 18.2. The van der Waals surface area contributed by atoms with Crippen molar-refractivity contribution in [3.8, 4) is 0 Å². The first-order valence-electron chi connectivity index (χ1n) is 9.22. The summed E-state index contributed by atoms with van der Waals surface area (Å²) in [5, 5.41) is 8.96. The van der Waals surface area contributed by atoms with Crippen LogP contribution in [0.3, 0.4) is 0 Å². The summed E-state index contributed by atoms with van der Waals surface area (Å²) < 4.78 is 0. The number of pyridine rings is 2. The number of aromatic amines is 1. The van der Waals surface area contributed by atoms with E-state index in [0.29, 0.717) is 12.1 Å². The summed E-state index contributed by atoms with van der Waals surface area (Å²) in [7, 11) is 0. The second kappa shape index (κ2) is 6.46. The minimum absolute atomic E-state index is 0.0769. The quantitative estimate of drug-likeness (QED) is 0.595. The van der Waals surface area contributed by atoms with Gasteiger partial charge in [-0.2, -0.15) is 5.10 Å². The summed E-state index contributed by atoms with van der Waals surface area (Å²) in [4.78, 5) is 24.0. The SMILES string of the molecule is O=C(c1ccc2ncccc2c1)N1CCC[C@@H](c2ccc3cn[nH]c3n2)C1. The molecule has 0 saturated carbocycles. The molecule has 1 amide bonds. The number of benzene rings is 1. The molecular weight excluding hydrogens is 338 g/mol. The fraction of sp³-hybridized carbons (Fsp3) is 0.238. The van der Waals surface area contributed by atoms with Gasteiger partial charge in [-0.25, -0.2) is 4.98 Å². The smallest absolute Gasteiger partial charge is 0.253 e. The van der Waals surface area contributed by atoms with E-state index in [1.54, 1.807) is 12.4 Å². The highest BCUT2D eigenvalue weighted by molar-refractivity contribution is 5.98. The Balaban J connectivity index is 1.39. The molecule has 1 N–H and O–H groups in total. The Morgan fingerprint density at radius 2 is 2.11 bits per heavy atom. The molecule has 4 heterocycles. The van der Waals surface area contributed by atoms with Gasteiger partial charge in [0.05, 0.1) is 11.7 Å². The van der Waals surface area contributed by atoms with Gasteiger partial charge in [0.2, 0.25) is 0 Å². The Morgan fingerprint density at radius 1 is 1.15 bits per heavy atom. The van der Waals surface area contributed by atoms with Crippen LogP contribution < -0.4 is 0 Å². The predicted octanol–water partition coefficient (Wildman–Crippen LogP) is 3.53. The third-order valence-corrected chi connectivity index (χ3v) is 5.30. The zero-order valence-corrected chi connectivity index (χ0v) is 14.8. The van der Waals surface area contributed by atoms with Crippen molar-refractivity contribution < 1.29 is 4.79 Å². The van der Waals surface area contributed by atoms with Gasteiger partial charge in [-0.3, -0.25) is 14.9 Å². The Kier molecular flexibility index (Phi) is 3.81. The van der Waals surface area contributed by atoms with Crippen molar-refractivity contribution in [1.82, 2.24) is 25.1 Å². The molecule has 1 atom stereocenters. The summed E-state index contributed by atoms with van der Waals surface area (Å²) in [6.45, 7) is 1.48. The molecule has 134 valence electrons. The second-order valence-electron chi connectivity index (χ2n) is 7.05. The maximum atomic E-state index is 13.1. The normalized spacial score (nSPS) is 17.5. The number of hydrogen-bond donors (Lipinski definition) is 1. The number of carbonyl (C=O) groups excluding carboxylic acids is 1. The molecule has 0 bridgehead atoms. The summed E-state index contributed by atoms with van der Waals surface area (Å²) in [5.41, 5.74) is 3.45. The van der Waals surface area contributed by atoms with Crippen molar-refractivity contribution >= 4 is 27.8 Å². The Labute approximate surface area is 156 Å². The van der Waals surface area contributed by atoms with Crippen molar-refractivity contribution in [2.45, 2.75) is 18.8 Å². The standard InChI is InChI=1S/C21H19N5O/c27-21(15-5-7-18-14(11-15)3-1-9-22-18)26-10-2-4-17(13-26)19-8-6-16-12-23-25-20(16)24-19/h1,3,5-9,11-12,17H,2,4,10,13H2,(H,23,24,25)/t17-/m1/s1. The lowest BCUT2D eigenvalue weighted by Crippen LogP contribution is -2.39. The summed E-state index contributed by atoms with van der Waals surface area (Å²) in [6, 6.07) is 13.7. The monoisotopic (exact) mass is 357 g/mol. The van der Waals surface area contributed by atoms with Gasteiger partial charge in [0.25, 0.3) is 5.91 Å². The van der Waals surface area contributed by atoms with Crippen LogP contribution in [0, 0.1) is 0 Å². The molecule has 0 unspecified atom stereocenters. The van der Waals surface area contributed by atoms with Crippen LogP contribution in [-0.2, 0) is 0 Å². The average Bonchev–Trinajstić information content (AvgIpc) is 3.21. The minimum atomic E-state index is 0.0769. The van der Waals surface area contributed by atoms with Crippen LogP contribution in [0.1, 0.15) is 34.8 Å². The van der Waals surface area contributed by atoms with Crippen LogP contribution in [0.25, 0.3) is 21.9 Å². The summed E-state index contributed by atoms with van der Waals surface area (Å²) >= 11 is 0. The minimum Gasteiger partial charge on any atom is -0.338 e. The van der Waals surface area contributed by atoms with Gasteiger partial charge < -0.3 is 4.90 Å². The molecule has 6 heteroatoms. The first-order chi connectivity index (χ1) is 13.3. The third-order valence-electron chi connectivity index (χ3n) is 5.30. The van der Waals surface area contributed by atoms with Crippen LogP contribution in [0.15, 0.2) is 54.9 Å². The van der Waals surface area contributed by atoms with E-state index in [1.165, 1.54) is 0 Å². The van der Waals surface area contributed by atoms with Crippen molar-refractivity contribution in [3.63, 3.8) is 0 Å². The van der Waals surface area contributed by atoms with Crippen LogP contribution >= 0.6 is 0 Å². The molecule has 1 saturated heterocycles. The number of fused-ring (bicyclic) bond motifs is 2. The number of amides is 1. The number of piperidine rings is 1. The van der Waals surface area contributed by atoms with E-state index in [2.05, 4.69) is 21.2 Å². The Morgan fingerprint density at radius 3 is 3.07 bits per heavy atom. The van der Waals surface area contributed by atoms with Gasteiger partial charge in [-0.1, -0.05) is 6.07 Å². The number of rotatable bonds is 2. The van der Waals surface area contributed by atoms with Crippen molar-refractivity contribution in [3.05, 3.63) is 66.1 Å². The fourth-order valence-corrected chi connectivity index (χ4v) is 3.86. The van der Waals surface area contributed by atoms with Crippen molar-refractivity contribution in [2.75, 3.05) is 13.1 Å². The molecule has 27 heavy (non-hydrogen) atoms. The maximum absolute atomic E-state index is 13.1. The molecule has 1 aliphatic heterocycles. The molecule has 3 aromatic heterocycles. The Hall–Kier alpha value is -3.28. The number of carbonyl (C=O) groups is 1. The van der Waals surface area contributed by atoms with Gasteiger partial charge in [0, 0.05) is 47.2 Å². The van der Waals surface area contributed by atoms with E-state index < -0.39 is 0 Å². The fourth-order valence-electron chi connectivity index (χ4n) is 3.86.